The highest BCUT2D eigenvalue weighted by atomic mass is 79.9. The van der Waals surface area contributed by atoms with Gasteiger partial charge in [-0.25, -0.2) is 21.6 Å². The first-order chi connectivity index (χ1) is 8.95. The molecule has 0 fully saturated rings. The fourth-order valence-electron chi connectivity index (χ4n) is 1.22. The minimum Gasteiger partial charge on any atom is -0.475 e. The number of hydrogen-bond donors (Lipinski definition) is 1. The highest BCUT2D eigenvalue weighted by Crippen LogP contribution is 2.28. The quantitative estimate of drug-likeness (QED) is 0.746. The molecule has 1 N–H and O–H groups in total. The van der Waals surface area contributed by atoms with E-state index in [2.05, 4.69) is 15.9 Å². The Morgan fingerprint density at radius 3 is 2.35 bits per heavy atom. The summed E-state index contributed by atoms with van der Waals surface area (Å²) >= 11 is 2.83. The van der Waals surface area contributed by atoms with Crippen LogP contribution in [0.15, 0.2) is 20.0 Å². The van der Waals surface area contributed by atoms with Crippen LogP contribution in [0.4, 0.5) is 0 Å². The lowest BCUT2D eigenvalue weighted by atomic mass is 10.5. The van der Waals surface area contributed by atoms with Crippen molar-refractivity contribution in [1.29, 1.82) is 0 Å². The van der Waals surface area contributed by atoms with Crippen molar-refractivity contribution in [3.63, 3.8) is 0 Å². The lowest BCUT2D eigenvalue weighted by Crippen LogP contribution is -2.31. The first-order valence-corrected chi connectivity index (χ1v) is 9.41. The molecule has 8 nitrogen and oxygen atoms in total. The van der Waals surface area contributed by atoms with Gasteiger partial charge in [-0.15, -0.1) is 0 Å². The maximum absolute atomic E-state index is 12.2. The molecule has 0 radical (unpaired) electrons. The standard InChI is InChI=1S/C9H12BrNO7S2/c1-11(3-4-19(2,14)15)20(16,17)7-5-6(9(12)13)18-8(7)10/h5H,3-4H2,1-2H3,(H,12,13). The van der Waals surface area contributed by atoms with Crippen molar-refractivity contribution in [3.05, 3.63) is 16.5 Å². The van der Waals surface area contributed by atoms with Gasteiger partial charge in [0.05, 0.1) is 5.75 Å². The molecule has 1 aromatic rings. The van der Waals surface area contributed by atoms with Gasteiger partial charge >= 0.3 is 5.97 Å². The zero-order valence-electron chi connectivity index (χ0n) is 10.5. The van der Waals surface area contributed by atoms with Crippen molar-refractivity contribution in [2.24, 2.45) is 0 Å². The molecular formula is C9H12BrNO7S2. The Morgan fingerprint density at radius 1 is 1.40 bits per heavy atom. The number of halogens is 1. The van der Waals surface area contributed by atoms with Gasteiger partial charge in [0.25, 0.3) is 0 Å². The predicted octanol–water partition coefficient (Wildman–Crippen LogP) is 0.405. The fraction of sp³-hybridized carbons (Fsp3) is 0.444. The van der Waals surface area contributed by atoms with Crippen LogP contribution in [-0.4, -0.2) is 57.8 Å². The van der Waals surface area contributed by atoms with Gasteiger partial charge in [0.15, 0.2) is 4.67 Å². The van der Waals surface area contributed by atoms with Gasteiger partial charge in [-0.1, -0.05) is 0 Å². The molecule has 1 heterocycles. The Morgan fingerprint density at radius 2 is 1.95 bits per heavy atom. The van der Waals surface area contributed by atoms with Crippen molar-refractivity contribution in [2.45, 2.75) is 4.90 Å². The number of carboxylic acids is 1. The van der Waals surface area contributed by atoms with Gasteiger partial charge in [-0.2, -0.15) is 4.31 Å². The number of sulfone groups is 1. The lowest BCUT2D eigenvalue weighted by molar-refractivity contribution is 0.0661. The zero-order valence-corrected chi connectivity index (χ0v) is 13.7. The first kappa shape index (κ1) is 17.1. The Bertz CT molecular complexity index is 719. The Balaban J connectivity index is 3.07. The van der Waals surface area contributed by atoms with Gasteiger partial charge in [-0.3, -0.25) is 0 Å². The van der Waals surface area contributed by atoms with Crippen LogP contribution < -0.4 is 0 Å². The van der Waals surface area contributed by atoms with E-state index in [-0.39, 0.29) is 21.9 Å². The van der Waals surface area contributed by atoms with Crippen LogP contribution >= 0.6 is 15.9 Å². The zero-order chi connectivity index (χ0) is 15.7. The van der Waals surface area contributed by atoms with E-state index in [1.807, 2.05) is 0 Å². The maximum atomic E-state index is 12.2. The van der Waals surface area contributed by atoms with E-state index in [1.165, 1.54) is 7.05 Å². The van der Waals surface area contributed by atoms with Crippen LogP contribution in [0.2, 0.25) is 0 Å². The molecule has 1 rings (SSSR count). The molecule has 0 atom stereocenters. The molecule has 0 aromatic carbocycles. The first-order valence-electron chi connectivity index (χ1n) is 5.12. The second-order valence-corrected chi connectivity index (χ2v) is 9.00. The SMILES string of the molecule is CN(CCS(C)(=O)=O)S(=O)(=O)c1cc(C(=O)O)oc1Br. The number of aromatic carboxylic acids is 1. The third-order valence-electron chi connectivity index (χ3n) is 2.33. The van der Waals surface area contributed by atoms with Gasteiger partial charge in [-0.05, 0) is 15.9 Å². The molecule has 1 aromatic heterocycles. The minimum absolute atomic E-state index is 0.249. The smallest absolute Gasteiger partial charge is 0.371 e. The van der Waals surface area contributed by atoms with Crippen LogP contribution in [0.3, 0.4) is 0 Å². The van der Waals surface area contributed by atoms with Crippen molar-refractivity contribution in [2.75, 3.05) is 25.6 Å². The van der Waals surface area contributed by atoms with Crippen molar-refractivity contribution >= 4 is 41.8 Å². The van der Waals surface area contributed by atoms with Crippen molar-refractivity contribution < 1.29 is 31.2 Å². The second kappa shape index (κ2) is 5.84. The molecular weight excluding hydrogens is 378 g/mol. The summed E-state index contributed by atoms with van der Waals surface area (Å²) in [4.78, 5) is 10.3. The van der Waals surface area contributed by atoms with E-state index < -0.39 is 31.6 Å². The molecule has 0 spiro atoms. The van der Waals surface area contributed by atoms with Crippen molar-refractivity contribution in [3.8, 4) is 0 Å². The topological polar surface area (TPSA) is 122 Å². The molecule has 0 saturated heterocycles. The third kappa shape index (κ3) is 4.04. The molecule has 0 amide bonds. The summed E-state index contributed by atoms with van der Waals surface area (Å²) in [6.45, 7) is -0.249. The largest absolute Gasteiger partial charge is 0.475 e. The number of rotatable bonds is 6. The van der Waals surface area contributed by atoms with E-state index in [0.717, 1.165) is 16.6 Å². The van der Waals surface area contributed by atoms with Gasteiger partial charge in [0, 0.05) is 25.9 Å². The molecule has 0 aliphatic heterocycles. The van der Waals surface area contributed by atoms with Gasteiger partial charge in [0.1, 0.15) is 14.7 Å². The monoisotopic (exact) mass is 389 g/mol. The number of furan rings is 1. The Hall–Kier alpha value is -0.910. The Labute approximate surface area is 124 Å². The van der Waals surface area contributed by atoms with Crippen LogP contribution in [0, 0.1) is 0 Å². The van der Waals surface area contributed by atoms with E-state index in [4.69, 9.17) is 9.52 Å². The summed E-state index contributed by atoms with van der Waals surface area (Å²) in [5.41, 5.74) is 0. The highest BCUT2D eigenvalue weighted by Gasteiger charge is 2.29. The van der Waals surface area contributed by atoms with Crippen LogP contribution in [0.5, 0.6) is 0 Å². The number of carboxylic acid groups (broad SMARTS) is 1. The summed E-state index contributed by atoms with van der Waals surface area (Å²) in [6, 6.07) is 0.860. The number of sulfonamides is 1. The average Bonchev–Trinajstić information content (AvgIpc) is 2.67. The molecule has 0 aliphatic rings. The maximum Gasteiger partial charge on any atom is 0.371 e. The predicted molar refractivity (Wildman–Crippen MR) is 72.9 cm³/mol. The summed E-state index contributed by atoms with van der Waals surface area (Å²) in [6.07, 6.45) is 0.990. The minimum atomic E-state index is -4.04. The van der Waals surface area contributed by atoms with Crippen LogP contribution in [-0.2, 0) is 19.9 Å². The summed E-state index contributed by atoms with van der Waals surface area (Å²) in [5.74, 6) is -2.29. The molecule has 114 valence electrons. The molecule has 0 saturated carbocycles. The second-order valence-electron chi connectivity index (χ2n) is 4.01. The van der Waals surface area contributed by atoms with Gasteiger partial charge < -0.3 is 9.52 Å². The van der Waals surface area contributed by atoms with E-state index in [0.29, 0.717) is 0 Å². The summed E-state index contributed by atoms with van der Waals surface area (Å²) in [5, 5.41) is 8.73. The summed E-state index contributed by atoms with van der Waals surface area (Å²) in [7, 11) is -6.16. The third-order valence-corrected chi connectivity index (χ3v) is 5.97. The Kier molecular flexibility index (Phi) is 5.00. The molecule has 0 unspecified atom stereocenters. The van der Waals surface area contributed by atoms with Crippen LogP contribution in [0.25, 0.3) is 0 Å². The lowest BCUT2D eigenvalue weighted by Gasteiger charge is -2.15. The number of nitrogens with zero attached hydrogens (tertiary/aromatic N) is 1. The van der Waals surface area contributed by atoms with Gasteiger partial charge in [0.2, 0.25) is 15.8 Å². The molecule has 0 aliphatic carbocycles. The van der Waals surface area contributed by atoms with E-state index in [1.54, 1.807) is 0 Å². The average molecular weight is 390 g/mol. The number of carbonyl (C=O) groups is 1. The van der Waals surface area contributed by atoms with Crippen molar-refractivity contribution in [1.82, 2.24) is 4.31 Å². The van der Waals surface area contributed by atoms with Crippen LogP contribution in [0.1, 0.15) is 10.6 Å². The molecule has 20 heavy (non-hydrogen) atoms. The highest BCUT2D eigenvalue weighted by molar-refractivity contribution is 9.10. The summed E-state index contributed by atoms with van der Waals surface area (Å²) < 4.78 is 51.7. The fourth-order valence-corrected chi connectivity index (χ4v) is 4.01. The van der Waals surface area contributed by atoms with E-state index >= 15 is 0 Å². The van der Waals surface area contributed by atoms with E-state index in [9.17, 15) is 21.6 Å². The number of hydrogen-bond acceptors (Lipinski definition) is 6. The normalized spacial score (nSPS) is 12.8. The molecule has 11 heteroatoms. The molecule has 0 bridgehead atoms.